The second kappa shape index (κ2) is 4.45. The first-order valence-corrected chi connectivity index (χ1v) is 5.29. The summed E-state index contributed by atoms with van der Waals surface area (Å²) in [7, 11) is 0. The van der Waals surface area contributed by atoms with Gasteiger partial charge in [0, 0.05) is 6.04 Å². The van der Waals surface area contributed by atoms with E-state index in [1.54, 1.807) is 0 Å². The lowest BCUT2D eigenvalue weighted by molar-refractivity contribution is -0.152. The van der Waals surface area contributed by atoms with E-state index in [2.05, 4.69) is 12.2 Å². The summed E-state index contributed by atoms with van der Waals surface area (Å²) < 4.78 is 5.15. The van der Waals surface area contributed by atoms with Crippen LogP contribution in [0.3, 0.4) is 0 Å². The number of cyclic esters (lactones) is 1. The van der Waals surface area contributed by atoms with Gasteiger partial charge in [0.25, 0.3) is 0 Å². The number of carbonyl (C=O) groups is 1. The van der Waals surface area contributed by atoms with Crippen molar-refractivity contribution in [1.29, 1.82) is 0 Å². The molecule has 80 valence electrons. The fourth-order valence-electron chi connectivity index (χ4n) is 1.73. The number of esters is 1. The molecule has 0 aromatic heterocycles. The Bertz CT molecular complexity index is 337. The van der Waals surface area contributed by atoms with E-state index < -0.39 is 0 Å². The van der Waals surface area contributed by atoms with Gasteiger partial charge in [-0.05, 0) is 12.0 Å². The normalized spacial score (nSPS) is 26.1. The number of rotatable bonds is 2. The topological polar surface area (TPSA) is 38.3 Å². The molecule has 0 saturated carbocycles. The van der Waals surface area contributed by atoms with Crippen molar-refractivity contribution in [2.45, 2.75) is 25.4 Å². The van der Waals surface area contributed by atoms with Gasteiger partial charge in [-0.25, -0.2) is 4.79 Å². The molecule has 0 radical (unpaired) electrons. The summed E-state index contributed by atoms with van der Waals surface area (Å²) in [5, 5.41) is 3.29. The summed E-state index contributed by atoms with van der Waals surface area (Å²) in [6.07, 6.45) is 0.969. The maximum atomic E-state index is 11.6. The van der Waals surface area contributed by atoms with Gasteiger partial charge in [-0.1, -0.05) is 37.3 Å². The first kappa shape index (κ1) is 10.2. The van der Waals surface area contributed by atoms with E-state index >= 15 is 0 Å². The first-order valence-electron chi connectivity index (χ1n) is 5.29. The summed E-state index contributed by atoms with van der Waals surface area (Å²) in [5.74, 6) is -0.175. The lowest BCUT2D eigenvalue weighted by Gasteiger charge is -2.29. The van der Waals surface area contributed by atoms with Crippen molar-refractivity contribution in [2.24, 2.45) is 0 Å². The first-order chi connectivity index (χ1) is 7.31. The van der Waals surface area contributed by atoms with E-state index in [4.69, 9.17) is 4.74 Å². The third-order valence-electron chi connectivity index (χ3n) is 2.69. The SMILES string of the molecule is CC[C@H]1COC(=O)[C@@H](c2ccccc2)N1. The Morgan fingerprint density at radius 1 is 1.40 bits per heavy atom. The molecule has 0 aliphatic carbocycles. The zero-order valence-corrected chi connectivity index (χ0v) is 8.77. The van der Waals surface area contributed by atoms with Crippen LogP contribution in [0.15, 0.2) is 30.3 Å². The number of benzene rings is 1. The van der Waals surface area contributed by atoms with E-state index in [1.165, 1.54) is 0 Å². The molecule has 3 heteroatoms. The van der Waals surface area contributed by atoms with Gasteiger partial charge in [-0.3, -0.25) is 5.32 Å². The highest BCUT2D eigenvalue weighted by Crippen LogP contribution is 2.19. The summed E-state index contributed by atoms with van der Waals surface area (Å²) in [5.41, 5.74) is 0.973. The van der Waals surface area contributed by atoms with Gasteiger partial charge < -0.3 is 4.74 Å². The van der Waals surface area contributed by atoms with Crippen molar-refractivity contribution in [1.82, 2.24) is 5.32 Å². The van der Waals surface area contributed by atoms with Gasteiger partial charge in [-0.15, -0.1) is 0 Å². The zero-order chi connectivity index (χ0) is 10.7. The monoisotopic (exact) mass is 205 g/mol. The molecule has 1 aliphatic rings. The van der Waals surface area contributed by atoms with Gasteiger partial charge in [0.15, 0.2) is 0 Å². The van der Waals surface area contributed by atoms with Crippen LogP contribution in [0, 0.1) is 0 Å². The number of morpholine rings is 1. The number of ether oxygens (including phenoxy) is 1. The van der Waals surface area contributed by atoms with Crippen LogP contribution in [-0.4, -0.2) is 18.6 Å². The van der Waals surface area contributed by atoms with Crippen LogP contribution in [0.5, 0.6) is 0 Å². The quantitative estimate of drug-likeness (QED) is 0.746. The fraction of sp³-hybridized carbons (Fsp3) is 0.417. The molecule has 0 bridgehead atoms. The Balaban J connectivity index is 2.16. The van der Waals surface area contributed by atoms with Gasteiger partial charge in [0.1, 0.15) is 12.6 Å². The van der Waals surface area contributed by atoms with Gasteiger partial charge in [-0.2, -0.15) is 0 Å². The largest absolute Gasteiger partial charge is 0.463 e. The van der Waals surface area contributed by atoms with Crippen LogP contribution in [-0.2, 0) is 9.53 Å². The Kier molecular flexibility index (Phi) is 3.02. The summed E-state index contributed by atoms with van der Waals surface area (Å²) in [4.78, 5) is 11.6. The maximum absolute atomic E-state index is 11.6. The lowest BCUT2D eigenvalue weighted by Crippen LogP contribution is -2.46. The van der Waals surface area contributed by atoms with Crippen LogP contribution < -0.4 is 5.32 Å². The minimum absolute atomic E-state index is 0.175. The lowest BCUT2D eigenvalue weighted by atomic mass is 10.0. The Labute approximate surface area is 89.4 Å². The van der Waals surface area contributed by atoms with Crippen molar-refractivity contribution in [3.05, 3.63) is 35.9 Å². The molecule has 1 aromatic rings. The Morgan fingerprint density at radius 3 is 2.80 bits per heavy atom. The Hall–Kier alpha value is -1.35. The minimum Gasteiger partial charge on any atom is -0.463 e. The van der Waals surface area contributed by atoms with Crippen molar-refractivity contribution >= 4 is 5.97 Å². The molecule has 0 spiro atoms. The van der Waals surface area contributed by atoms with E-state index in [0.717, 1.165) is 12.0 Å². The molecule has 0 amide bonds. The smallest absolute Gasteiger partial charge is 0.327 e. The molecule has 2 atom stereocenters. The van der Waals surface area contributed by atoms with Crippen LogP contribution >= 0.6 is 0 Å². The molecule has 15 heavy (non-hydrogen) atoms. The van der Waals surface area contributed by atoms with Gasteiger partial charge in [0.05, 0.1) is 0 Å². The van der Waals surface area contributed by atoms with Crippen LogP contribution in [0.25, 0.3) is 0 Å². The highest BCUT2D eigenvalue weighted by Gasteiger charge is 2.29. The van der Waals surface area contributed by atoms with Crippen LogP contribution in [0.1, 0.15) is 24.9 Å². The molecule has 1 N–H and O–H groups in total. The van der Waals surface area contributed by atoms with E-state index in [1.807, 2.05) is 30.3 Å². The van der Waals surface area contributed by atoms with Crippen molar-refractivity contribution in [3.63, 3.8) is 0 Å². The third-order valence-corrected chi connectivity index (χ3v) is 2.69. The highest BCUT2D eigenvalue weighted by molar-refractivity contribution is 5.78. The van der Waals surface area contributed by atoms with Gasteiger partial charge >= 0.3 is 5.97 Å². The van der Waals surface area contributed by atoms with Crippen molar-refractivity contribution in [2.75, 3.05) is 6.61 Å². The van der Waals surface area contributed by atoms with Crippen LogP contribution in [0.4, 0.5) is 0 Å². The molecular formula is C12H15NO2. The summed E-state index contributed by atoms with van der Waals surface area (Å²) >= 11 is 0. The minimum atomic E-state index is -0.301. The second-order valence-corrected chi connectivity index (χ2v) is 3.75. The molecular weight excluding hydrogens is 190 g/mol. The van der Waals surface area contributed by atoms with E-state index in [-0.39, 0.29) is 18.1 Å². The molecule has 1 aliphatic heterocycles. The fourth-order valence-corrected chi connectivity index (χ4v) is 1.73. The summed E-state index contributed by atoms with van der Waals surface area (Å²) in [6, 6.07) is 9.65. The predicted octanol–water partition coefficient (Wildman–Crippen LogP) is 1.65. The standard InChI is InChI=1S/C12H15NO2/c1-2-10-8-15-12(14)11(13-10)9-6-4-3-5-7-9/h3-7,10-11,13H,2,8H2,1H3/t10-,11+/m0/s1. The van der Waals surface area contributed by atoms with Gasteiger partial charge in [0.2, 0.25) is 0 Å². The zero-order valence-electron chi connectivity index (χ0n) is 8.77. The number of hydrogen-bond acceptors (Lipinski definition) is 3. The van der Waals surface area contributed by atoms with Crippen LogP contribution in [0.2, 0.25) is 0 Å². The third kappa shape index (κ3) is 2.18. The molecule has 1 saturated heterocycles. The number of carbonyl (C=O) groups excluding carboxylic acids is 1. The molecule has 1 fully saturated rings. The molecule has 2 rings (SSSR count). The average Bonchev–Trinajstić information content (AvgIpc) is 2.31. The van der Waals surface area contributed by atoms with Crippen molar-refractivity contribution in [3.8, 4) is 0 Å². The molecule has 1 heterocycles. The predicted molar refractivity (Wildman–Crippen MR) is 57.4 cm³/mol. The summed E-state index contributed by atoms with van der Waals surface area (Å²) in [6.45, 7) is 2.57. The Morgan fingerprint density at radius 2 is 2.13 bits per heavy atom. The van der Waals surface area contributed by atoms with E-state index in [9.17, 15) is 4.79 Å². The number of nitrogens with one attached hydrogen (secondary N) is 1. The maximum Gasteiger partial charge on any atom is 0.327 e. The van der Waals surface area contributed by atoms with E-state index in [0.29, 0.717) is 6.61 Å². The molecule has 3 nitrogen and oxygen atoms in total. The highest BCUT2D eigenvalue weighted by atomic mass is 16.5. The molecule has 0 unspecified atom stereocenters. The molecule has 1 aromatic carbocycles. The average molecular weight is 205 g/mol. The van der Waals surface area contributed by atoms with Crippen molar-refractivity contribution < 1.29 is 9.53 Å². The second-order valence-electron chi connectivity index (χ2n) is 3.75. The number of hydrogen-bond donors (Lipinski definition) is 1.